The molecular formula is C36H46N2O2. The maximum atomic E-state index is 13.1. The average Bonchev–Trinajstić information content (AvgIpc) is 3.25. The summed E-state index contributed by atoms with van der Waals surface area (Å²) >= 11 is 0. The van der Waals surface area contributed by atoms with Gasteiger partial charge in [-0.2, -0.15) is 0 Å². The van der Waals surface area contributed by atoms with Gasteiger partial charge in [0.05, 0.1) is 0 Å². The number of fused-ring (bicyclic) bond motifs is 4. The molecule has 2 aliphatic rings. The summed E-state index contributed by atoms with van der Waals surface area (Å²) in [4.78, 5) is 15.7. The lowest BCUT2D eigenvalue weighted by Gasteiger charge is -2.48. The minimum Gasteiger partial charge on any atom is -0.448 e. The molecule has 0 bridgehead atoms. The van der Waals surface area contributed by atoms with E-state index in [-0.39, 0.29) is 11.5 Å². The van der Waals surface area contributed by atoms with E-state index in [1.807, 2.05) is 0 Å². The molecule has 1 unspecified atom stereocenters. The quantitative estimate of drug-likeness (QED) is 0.261. The summed E-state index contributed by atoms with van der Waals surface area (Å²) in [5, 5.41) is 3.08. The molecule has 1 aliphatic heterocycles. The lowest BCUT2D eigenvalue weighted by molar-refractivity contribution is 0.158. The molecule has 0 aromatic heterocycles. The highest BCUT2D eigenvalue weighted by molar-refractivity contribution is 5.87. The lowest BCUT2D eigenvalue weighted by Crippen LogP contribution is -2.48. The normalized spacial score (nSPS) is 17.2. The van der Waals surface area contributed by atoms with Gasteiger partial charge in [-0.25, -0.2) is 4.79 Å². The number of benzene rings is 3. The zero-order valence-corrected chi connectivity index (χ0v) is 25.1. The Balaban J connectivity index is 1.27. The Morgan fingerprint density at radius 3 is 2.23 bits per heavy atom. The summed E-state index contributed by atoms with van der Waals surface area (Å²) in [5.74, 6) is 0.482. The molecular weight excluding hydrogens is 492 g/mol. The van der Waals surface area contributed by atoms with Crippen LogP contribution in [0.3, 0.4) is 0 Å². The molecule has 4 heteroatoms. The molecule has 0 spiro atoms. The van der Waals surface area contributed by atoms with Crippen LogP contribution in [0, 0.1) is 6.92 Å². The third kappa shape index (κ3) is 5.77. The number of nitrogens with zero attached hydrogens (tertiary/aromatic N) is 1. The highest BCUT2D eigenvalue weighted by Gasteiger charge is 2.36. The average molecular weight is 539 g/mol. The van der Waals surface area contributed by atoms with Crippen molar-refractivity contribution < 1.29 is 9.53 Å². The summed E-state index contributed by atoms with van der Waals surface area (Å²) in [6.45, 7) is 12.8. The minimum absolute atomic E-state index is 0.0561. The molecule has 1 aliphatic carbocycles. The first-order chi connectivity index (χ1) is 19.3. The van der Waals surface area contributed by atoms with Crippen LogP contribution >= 0.6 is 0 Å². The van der Waals surface area contributed by atoms with Crippen LogP contribution in [0.2, 0.25) is 0 Å². The second-order valence-electron chi connectivity index (χ2n) is 12.5. The van der Waals surface area contributed by atoms with Crippen LogP contribution in [0.15, 0.2) is 60.7 Å². The standard InChI is InChI=1S/C36H46N2O2/c1-6-7-8-9-10-15-20-38-34-21-25(2)33(22-31(34)26(3)23-36(38,4)5)37-35(39)40-24-32-29-18-13-11-16-27(29)28-17-12-14-19-30(28)32/h11-14,16-19,21-22,26,32H,6-10,15,20,23-24H2,1-5H3,(H,37,39). The van der Waals surface area contributed by atoms with Crippen molar-refractivity contribution in [1.29, 1.82) is 0 Å². The zero-order valence-electron chi connectivity index (χ0n) is 25.1. The number of aryl methyl sites for hydroxylation is 1. The fourth-order valence-electron chi connectivity index (χ4n) is 6.99. The monoisotopic (exact) mass is 538 g/mol. The van der Waals surface area contributed by atoms with Crippen molar-refractivity contribution in [3.8, 4) is 11.1 Å². The Kier molecular flexibility index (Phi) is 8.54. The van der Waals surface area contributed by atoms with E-state index in [1.165, 1.54) is 72.0 Å². The molecule has 3 aromatic rings. The molecule has 212 valence electrons. The summed E-state index contributed by atoms with van der Waals surface area (Å²) < 4.78 is 5.86. The molecule has 3 aromatic carbocycles. The Bertz CT molecular complexity index is 1300. The van der Waals surface area contributed by atoms with Gasteiger partial charge in [-0.15, -0.1) is 0 Å². The van der Waals surface area contributed by atoms with E-state index in [0.29, 0.717) is 12.5 Å². The number of amides is 1. The number of hydrogen-bond donors (Lipinski definition) is 1. The number of carbonyl (C=O) groups is 1. The van der Waals surface area contributed by atoms with Crippen LogP contribution < -0.4 is 10.2 Å². The van der Waals surface area contributed by atoms with Gasteiger partial charge in [0.15, 0.2) is 0 Å². The van der Waals surface area contributed by atoms with Gasteiger partial charge >= 0.3 is 6.09 Å². The van der Waals surface area contributed by atoms with Crippen molar-refractivity contribution in [2.24, 2.45) is 0 Å². The number of hydrogen-bond acceptors (Lipinski definition) is 3. The van der Waals surface area contributed by atoms with Crippen LogP contribution in [0.5, 0.6) is 0 Å². The minimum atomic E-state index is -0.391. The van der Waals surface area contributed by atoms with Crippen molar-refractivity contribution in [3.05, 3.63) is 82.9 Å². The largest absolute Gasteiger partial charge is 0.448 e. The molecule has 1 N–H and O–H groups in total. The van der Waals surface area contributed by atoms with E-state index >= 15 is 0 Å². The molecule has 0 saturated heterocycles. The maximum Gasteiger partial charge on any atom is 0.411 e. The molecule has 1 amide bonds. The van der Waals surface area contributed by atoms with Crippen molar-refractivity contribution >= 4 is 17.5 Å². The Morgan fingerprint density at radius 2 is 1.55 bits per heavy atom. The molecule has 40 heavy (non-hydrogen) atoms. The first kappa shape index (κ1) is 28.3. The Labute approximate surface area is 241 Å². The molecule has 1 atom stereocenters. The zero-order chi connectivity index (χ0) is 28.3. The molecule has 5 rings (SSSR count). The van der Waals surface area contributed by atoms with Crippen LogP contribution in [0.25, 0.3) is 11.1 Å². The van der Waals surface area contributed by atoms with E-state index in [1.54, 1.807) is 0 Å². The van der Waals surface area contributed by atoms with Gasteiger partial charge in [0.25, 0.3) is 0 Å². The Hall–Kier alpha value is -3.27. The lowest BCUT2D eigenvalue weighted by atomic mass is 9.79. The molecule has 1 heterocycles. The summed E-state index contributed by atoms with van der Waals surface area (Å²) in [6, 6.07) is 21.3. The second-order valence-corrected chi connectivity index (χ2v) is 12.5. The highest BCUT2D eigenvalue weighted by atomic mass is 16.5. The highest BCUT2D eigenvalue weighted by Crippen LogP contribution is 2.46. The summed E-state index contributed by atoms with van der Waals surface area (Å²) in [6.07, 6.45) is 8.52. The first-order valence-corrected chi connectivity index (χ1v) is 15.3. The smallest absolute Gasteiger partial charge is 0.411 e. The number of ether oxygens (including phenoxy) is 1. The van der Waals surface area contributed by atoms with E-state index in [2.05, 4.69) is 105 Å². The Morgan fingerprint density at radius 1 is 0.925 bits per heavy atom. The molecule has 4 nitrogen and oxygen atoms in total. The maximum absolute atomic E-state index is 13.1. The van der Waals surface area contributed by atoms with Crippen molar-refractivity contribution in [2.45, 2.75) is 96.9 Å². The van der Waals surface area contributed by atoms with Crippen molar-refractivity contribution in [3.63, 3.8) is 0 Å². The number of rotatable bonds is 10. The third-order valence-electron chi connectivity index (χ3n) is 9.05. The fourth-order valence-corrected chi connectivity index (χ4v) is 6.99. The van der Waals surface area contributed by atoms with Gasteiger partial charge < -0.3 is 9.64 Å². The number of anilines is 2. The van der Waals surface area contributed by atoms with Gasteiger partial charge in [-0.05, 0) is 85.0 Å². The van der Waals surface area contributed by atoms with Crippen LogP contribution in [-0.2, 0) is 4.74 Å². The first-order valence-electron chi connectivity index (χ1n) is 15.3. The predicted octanol–water partition coefficient (Wildman–Crippen LogP) is 9.81. The number of nitrogens with one attached hydrogen (secondary N) is 1. The van der Waals surface area contributed by atoms with E-state index in [0.717, 1.165) is 24.2 Å². The number of unbranched alkanes of at least 4 members (excludes halogenated alkanes) is 5. The van der Waals surface area contributed by atoms with Crippen LogP contribution in [-0.4, -0.2) is 24.8 Å². The van der Waals surface area contributed by atoms with Gasteiger partial charge in [-0.3, -0.25) is 5.32 Å². The van der Waals surface area contributed by atoms with Crippen LogP contribution in [0.4, 0.5) is 16.2 Å². The predicted molar refractivity (Wildman–Crippen MR) is 168 cm³/mol. The van der Waals surface area contributed by atoms with Gasteiger partial charge in [0.2, 0.25) is 0 Å². The molecule has 0 radical (unpaired) electrons. The SMILES string of the molecule is CCCCCCCCN1c2cc(C)c(NC(=O)OCC3c4ccccc4-c4ccccc43)cc2C(C)CC1(C)C. The van der Waals surface area contributed by atoms with E-state index in [9.17, 15) is 4.79 Å². The van der Waals surface area contributed by atoms with E-state index < -0.39 is 6.09 Å². The van der Waals surface area contributed by atoms with Crippen LogP contribution in [0.1, 0.15) is 107 Å². The third-order valence-corrected chi connectivity index (χ3v) is 9.05. The van der Waals surface area contributed by atoms with Crippen molar-refractivity contribution in [1.82, 2.24) is 0 Å². The summed E-state index contributed by atoms with van der Waals surface area (Å²) in [7, 11) is 0. The van der Waals surface area contributed by atoms with Gasteiger partial charge in [0.1, 0.15) is 6.61 Å². The van der Waals surface area contributed by atoms with Gasteiger partial charge in [0, 0.05) is 29.4 Å². The molecule has 0 fully saturated rings. The van der Waals surface area contributed by atoms with Gasteiger partial charge in [-0.1, -0.05) is 94.5 Å². The number of carbonyl (C=O) groups excluding carboxylic acids is 1. The van der Waals surface area contributed by atoms with E-state index in [4.69, 9.17) is 4.74 Å². The summed E-state index contributed by atoms with van der Waals surface area (Å²) in [5.41, 5.74) is 9.61. The molecule has 0 saturated carbocycles. The second kappa shape index (κ2) is 12.1. The van der Waals surface area contributed by atoms with Crippen molar-refractivity contribution in [2.75, 3.05) is 23.4 Å². The fraction of sp³-hybridized carbons (Fsp3) is 0.472. The topological polar surface area (TPSA) is 41.6 Å².